The molecule has 4 nitrogen and oxygen atoms in total. The number of hydrogen-bond acceptors (Lipinski definition) is 4. The Bertz CT molecular complexity index is 527. The fraction of sp³-hybridized carbons (Fsp3) is 0.828. The number of unbranched alkanes of at least 4 members (excludes halogenated alkanes) is 6. The van der Waals surface area contributed by atoms with Crippen LogP contribution >= 0.6 is 0 Å². The largest absolute Gasteiger partial charge is 0.369 e. The van der Waals surface area contributed by atoms with Crippen molar-refractivity contribution in [2.45, 2.75) is 119 Å². The second-order valence-corrected chi connectivity index (χ2v) is 9.53. The molecule has 33 heavy (non-hydrogen) atoms. The average molecular weight is 460 g/mol. The molecule has 0 aromatic carbocycles. The molecular weight excluding hydrogens is 404 g/mol. The Labute approximate surface area is 207 Å². The zero-order chi connectivity index (χ0) is 24.3. The third-order valence-corrected chi connectivity index (χ3v) is 6.49. The van der Waals surface area contributed by atoms with Gasteiger partial charge in [-0.1, -0.05) is 80.1 Å². The molecule has 0 spiro atoms. The van der Waals surface area contributed by atoms with E-state index in [0.717, 1.165) is 39.3 Å². The van der Waals surface area contributed by atoms with E-state index in [1.54, 1.807) is 0 Å². The van der Waals surface area contributed by atoms with Gasteiger partial charge in [-0.25, -0.2) is 4.98 Å². The van der Waals surface area contributed by atoms with Crippen LogP contribution in [-0.4, -0.2) is 44.3 Å². The average Bonchev–Trinajstić information content (AvgIpc) is 2.84. The van der Waals surface area contributed by atoms with E-state index in [0.29, 0.717) is 0 Å². The number of rotatable bonds is 21. The van der Waals surface area contributed by atoms with Gasteiger partial charge < -0.3 is 14.7 Å². The molecule has 0 fully saturated rings. The molecule has 0 aliphatic carbocycles. The Morgan fingerprint density at radius 1 is 0.545 bits per heavy atom. The molecule has 1 rings (SSSR count). The van der Waals surface area contributed by atoms with Crippen molar-refractivity contribution < 1.29 is 0 Å². The Hall–Kier alpha value is -1.45. The normalized spacial score (nSPS) is 11.1. The van der Waals surface area contributed by atoms with Crippen molar-refractivity contribution in [2.24, 2.45) is 0 Å². The number of hydrogen-bond donors (Lipinski definition) is 0. The van der Waals surface area contributed by atoms with Gasteiger partial charge in [-0.15, -0.1) is 0 Å². The van der Waals surface area contributed by atoms with Gasteiger partial charge in [-0.05, 0) is 38.5 Å². The molecular formula is C29H55N4. The summed E-state index contributed by atoms with van der Waals surface area (Å²) in [6, 6.07) is 0. The van der Waals surface area contributed by atoms with Gasteiger partial charge in [0.05, 0.1) is 23.3 Å². The first-order chi connectivity index (χ1) is 16.2. The number of anilines is 3. The van der Waals surface area contributed by atoms with Crippen LogP contribution in [0.1, 0.15) is 119 Å². The standard InChI is InChI=1S/C29H55N4/c1-7-13-19-31(20-14-8-2)27-25-30-26-28(32(21-15-9-3)22-16-10-4)29(27)33(23-17-11-5)24-18-12-6/h25H,7-24H2,1-6H3. The lowest BCUT2D eigenvalue weighted by Crippen LogP contribution is -2.35. The summed E-state index contributed by atoms with van der Waals surface area (Å²) in [5, 5.41) is 0. The van der Waals surface area contributed by atoms with Gasteiger partial charge in [0.1, 0.15) is 6.20 Å². The van der Waals surface area contributed by atoms with Crippen LogP contribution in [-0.2, 0) is 0 Å². The maximum absolute atomic E-state index is 4.73. The van der Waals surface area contributed by atoms with Crippen LogP contribution < -0.4 is 14.7 Å². The van der Waals surface area contributed by atoms with Gasteiger partial charge in [0.15, 0.2) is 0 Å². The summed E-state index contributed by atoms with van der Waals surface area (Å²) in [7, 11) is 0. The smallest absolute Gasteiger partial charge is 0.116 e. The van der Waals surface area contributed by atoms with Crippen LogP contribution in [0.15, 0.2) is 6.20 Å². The summed E-state index contributed by atoms with van der Waals surface area (Å²) in [6.07, 6.45) is 20.4. The highest BCUT2D eigenvalue weighted by Crippen LogP contribution is 2.39. The fourth-order valence-corrected chi connectivity index (χ4v) is 4.27. The van der Waals surface area contributed by atoms with Crippen LogP contribution in [0.2, 0.25) is 0 Å². The first kappa shape index (κ1) is 29.6. The van der Waals surface area contributed by atoms with Crippen LogP contribution in [0.4, 0.5) is 17.1 Å². The molecule has 0 saturated heterocycles. The third-order valence-electron chi connectivity index (χ3n) is 6.49. The number of pyridine rings is 1. The highest BCUT2D eigenvalue weighted by molar-refractivity contribution is 5.83. The van der Waals surface area contributed by atoms with E-state index < -0.39 is 0 Å². The SMILES string of the molecule is CCCCN(CCCC)c1[c]ncc(N(CCCC)CCCC)c1N(CCCC)CCCC. The Kier molecular flexibility index (Phi) is 17.0. The molecule has 191 valence electrons. The third kappa shape index (κ3) is 10.6. The zero-order valence-corrected chi connectivity index (χ0v) is 23.1. The summed E-state index contributed by atoms with van der Waals surface area (Å²) < 4.78 is 0. The molecule has 0 unspecified atom stereocenters. The van der Waals surface area contributed by atoms with E-state index in [4.69, 9.17) is 4.98 Å². The highest BCUT2D eigenvalue weighted by Gasteiger charge is 2.23. The van der Waals surface area contributed by atoms with Gasteiger partial charge in [0.2, 0.25) is 0 Å². The quantitative estimate of drug-likeness (QED) is 0.185. The molecule has 1 radical (unpaired) electrons. The van der Waals surface area contributed by atoms with Crippen molar-refractivity contribution in [3.63, 3.8) is 0 Å². The molecule has 0 atom stereocenters. The fourth-order valence-electron chi connectivity index (χ4n) is 4.27. The summed E-state index contributed by atoms with van der Waals surface area (Å²) >= 11 is 0. The molecule has 1 aromatic rings. The van der Waals surface area contributed by atoms with Gasteiger partial charge in [0.25, 0.3) is 0 Å². The van der Waals surface area contributed by atoms with Crippen LogP contribution in [0.3, 0.4) is 0 Å². The minimum absolute atomic E-state index is 1.10. The van der Waals surface area contributed by atoms with Crippen LogP contribution in [0.5, 0.6) is 0 Å². The Morgan fingerprint density at radius 3 is 1.30 bits per heavy atom. The van der Waals surface area contributed by atoms with E-state index in [2.05, 4.69) is 68.6 Å². The van der Waals surface area contributed by atoms with E-state index in [9.17, 15) is 0 Å². The van der Waals surface area contributed by atoms with Crippen molar-refractivity contribution in [3.8, 4) is 0 Å². The number of nitrogens with zero attached hydrogens (tertiary/aromatic N) is 4. The van der Waals surface area contributed by atoms with Gasteiger partial charge in [-0.2, -0.15) is 0 Å². The maximum Gasteiger partial charge on any atom is 0.116 e. The molecule has 1 aromatic heterocycles. The predicted octanol–water partition coefficient (Wildman–Crippen LogP) is 8.10. The first-order valence-electron chi connectivity index (χ1n) is 14.3. The van der Waals surface area contributed by atoms with Crippen molar-refractivity contribution in [2.75, 3.05) is 54.0 Å². The molecule has 0 aliphatic heterocycles. The van der Waals surface area contributed by atoms with Crippen LogP contribution in [0, 0.1) is 6.20 Å². The summed E-state index contributed by atoms with van der Waals surface area (Å²) in [6.45, 7) is 20.5. The number of aromatic nitrogens is 1. The summed E-state index contributed by atoms with van der Waals surface area (Å²) in [5.74, 6) is 0. The van der Waals surface area contributed by atoms with Crippen molar-refractivity contribution in [1.29, 1.82) is 0 Å². The lowest BCUT2D eigenvalue weighted by Gasteiger charge is -2.37. The summed E-state index contributed by atoms with van der Waals surface area (Å²) in [5.41, 5.74) is 4.00. The van der Waals surface area contributed by atoms with Crippen molar-refractivity contribution >= 4 is 17.1 Å². The minimum Gasteiger partial charge on any atom is -0.369 e. The van der Waals surface area contributed by atoms with Crippen molar-refractivity contribution in [1.82, 2.24) is 4.98 Å². The summed E-state index contributed by atoms with van der Waals surface area (Å²) in [4.78, 5) is 12.6. The van der Waals surface area contributed by atoms with Crippen LogP contribution in [0.25, 0.3) is 0 Å². The molecule has 0 amide bonds. The van der Waals surface area contributed by atoms with Gasteiger partial charge in [-0.3, -0.25) is 0 Å². The topological polar surface area (TPSA) is 22.6 Å². The Morgan fingerprint density at radius 2 is 0.909 bits per heavy atom. The Balaban J connectivity index is 3.57. The molecule has 0 saturated carbocycles. The highest BCUT2D eigenvalue weighted by atomic mass is 15.2. The molecule has 0 aliphatic rings. The monoisotopic (exact) mass is 459 g/mol. The zero-order valence-electron chi connectivity index (χ0n) is 23.1. The van der Waals surface area contributed by atoms with E-state index in [1.165, 1.54) is 94.1 Å². The first-order valence-corrected chi connectivity index (χ1v) is 14.3. The van der Waals surface area contributed by atoms with E-state index >= 15 is 0 Å². The van der Waals surface area contributed by atoms with Gasteiger partial charge >= 0.3 is 0 Å². The minimum atomic E-state index is 1.10. The van der Waals surface area contributed by atoms with Gasteiger partial charge in [0, 0.05) is 39.3 Å². The predicted molar refractivity (Wildman–Crippen MR) is 149 cm³/mol. The molecule has 0 N–H and O–H groups in total. The second kappa shape index (κ2) is 18.9. The van der Waals surface area contributed by atoms with E-state index in [-0.39, 0.29) is 0 Å². The van der Waals surface area contributed by atoms with Crippen molar-refractivity contribution in [3.05, 3.63) is 12.4 Å². The van der Waals surface area contributed by atoms with E-state index in [1.807, 2.05) is 0 Å². The maximum atomic E-state index is 4.73. The lowest BCUT2D eigenvalue weighted by atomic mass is 10.1. The lowest BCUT2D eigenvalue weighted by molar-refractivity contribution is 0.651. The molecule has 4 heteroatoms. The second-order valence-electron chi connectivity index (χ2n) is 9.53. The molecule has 1 heterocycles. The molecule has 0 bridgehead atoms.